The van der Waals surface area contributed by atoms with Crippen LogP contribution in [0.1, 0.15) is 38.5 Å². The van der Waals surface area contributed by atoms with E-state index in [1.54, 1.807) is 6.07 Å². The summed E-state index contributed by atoms with van der Waals surface area (Å²) in [5, 5.41) is 26.2. The Morgan fingerprint density at radius 2 is 1.61 bits per heavy atom. The average Bonchev–Trinajstić information content (AvgIpc) is 3.28. The number of anilines is 1. The second kappa shape index (κ2) is 10.0. The van der Waals surface area contributed by atoms with Gasteiger partial charge in [-0.15, -0.1) is 0 Å². The van der Waals surface area contributed by atoms with Gasteiger partial charge in [0.2, 0.25) is 11.8 Å². The number of phenolic OH excluding ortho intramolecular Hbond substituents is 1. The highest BCUT2D eigenvalue weighted by molar-refractivity contribution is 6.38. The number of hydrogen-bond acceptors (Lipinski definition) is 7. The molecular formula is C32H20Cl2N4O6. The number of nitro benzene ring substituents is 1. The number of nitro groups is 1. The van der Waals surface area contributed by atoms with E-state index in [9.17, 15) is 29.6 Å². The molecule has 2 bridgehead atoms. The Labute approximate surface area is 259 Å². The maximum atomic E-state index is 14.4. The number of hydrogen-bond donors (Lipinski definition) is 2. The van der Waals surface area contributed by atoms with E-state index >= 15 is 0 Å². The van der Waals surface area contributed by atoms with Crippen LogP contribution in [-0.4, -0.2) is 34.0 Å². The van der Waals surface area contributed by atoms with Gasteiger partial charge in [-0.05, 0) is 46.5 Å². The van der Waals surface area contributed by atoms with Crippen molar-refractivity contribution in [1.29, 1.82) is 0 Å². The van der Waals surface area contributed by atoms with Gasteiger partial charge in [0.05, 0.1) is 38.4 Å². The standard InChI is InChI=1S/C32H20Cl2N4O6/c33-16-9-11-24(23(34)13-16)37-30(41)27-26-18-5-1-3-7-21(18)32(28(27)31(37)42,22-8-4-2-6-19(22)26)15-35-36-29(40)20-14-17(38(43)44)10-12-25(20)39/h1-15,26-28,39H,(H,36,40)/b35-15-/t26?,27-,28+,32?/m0/s1. The van der Waals surface area contributed by atoms with Gasteiger partial charge in [-0.2, -0.15) is 5.10 Å². The molecule has 0 aromatic heterocycles. The number of aromatic hydroxyl groups is 1. The summed E-state index contributed by atoms with van der Waals surface area (Å²) in [6, 6.07) is 22.6. The Morgan fingerprint density at radius 1 is 0.955 bits per heavy atom. The van der Waals surface area contributed by atoms with E-state index in [1.165, 1.54) is 18.3 Å². The van der Waals surface area contributed by atoms with Crippen molar-refractivity contribution in [2.24, 2.45) is 16.9 Å². The summed E-state index contributed by atoms with van der Waals surface area (Å²) >= 11 is 12.6. The summed E-state index contributed by atoms with van der Waals surface area (Å²) in [6.07, 6.45) is 1.45. The van der Waals surface area contributed by atoms with Crippen LogP contribution < -0.4 is 10.3 Å². The lowest BCUT2D eigenvalue weighted by Crippen LogP contribution is -2.54. The first-order valence-electron chi connectivity index (χ1n) is 13.5. The van der Waals surface area contributed by atoms with Crippen molar-refractivity contribution >= 4 is 58.5 Å². The maximum absolute atomic E-state index is 14.4. The van der Waals surface area contributed by atoms with Gasteiger partial charge in [-0.1, -0.05) is 71.7 Å². The number of nitrogens with zero attached hydrogens (tertiary/aromatic N) is 3. The molecule has 4 aliphatic rings. The molecule has 1 saturated heterocycles. The molecule has 4 aromatic carbocycles. The smallest absolute Gasteiger partial charge is 0.275 e. The number of non-ortho nitro benzene ring substituents is 1. The van der Waals surface area contributed by atoms with Crippen molar-refractivity contribution < 1.29 is 24.4 Å². The van der Waals surface area contributed by atoms with Crippen LogP contribution in [0.5, 0.6) is 5.75 Å². The number of halogens is 2. The number of benzene rings is 4. The highest BCUT2D eigenvalue weighted by atomic mass is 35.5. The number of carbonyl (C=O) groups excluding carboxylic acids is 3. The van der Waals surface area contributed by atoms with Crippen LogP contribution in [0.25, 0.3) is 0 Å². The Bertz CT molecular complexity index is 1930. The third-order valence-corrected chi connectivity index (χ3v) is 9.24. The fourth-order valence-corrected chi connectivity index (χ4v) is 7.52. The summed E-state index contributed by atoms with van der Waals surface area (Å²) in [4.78, 5) is 53.4. The van der Waals surface area contributed by atoms with E-state index in [0.717, 1.165) is 45.4 Å². The van der Waals surface area contributed by atoms with E-state index < -0.39 is 51.6 Å². The molecule has 8 rings (SSSR count). The lowest BCUT2D eigenvalue weighted by molar-refractivity contribution is -0.384. The number of hydrazone groups is 1. The van der Waals surface area contributed by atoms with E-state index in [1.807, 2.05) is 48.5 Å². The van der Waals surface area contributed by atoms with E-state index in [2.05, 4.69) is 10.5 Å². The highest BCUT2D eigenvalue weighted by Gasteiger charge is 2.68. The Balaban J connectivity index is 1.38. The minimum Gasteiger partial charge on any atom is -0.507 e. The molecule has 1 aliphatic heterocycles. The molecule has 0 spiro atoms. The van der Waals surface area contributed by atoms with Crippen molar-refractivity contribution in [2.45, 2.75) is 11.3 Å². The first-order chi connectivity index (χ1) is 21.1. The van der Waals surface area contributed by atoms with Gasteiger partial charge in [0.1, 0.15) is 5.75 Å². The van der Waals surface area contributed by atoms with Gasteiger partial charge in [-0.25, -0.2) is 10.3 Å². The van der Waals surface area contributed by atoms with Crippen molar-refractivity contribution in [3.63, 3.8) is 0 Å². The average molecular weight is 627 g/mol. The Kier molecular flexibility index (Phi) is 6.31. The molecule has 1 fully saturated rings. The molecule has 0 unspecified atom stereocenters. The van der Waals surface area contributed by atoms with Gasteiger partial charge in [0.25, 0.3) is 11.6 Å². The van der Waals surface area contributed by atoms with E-state index in [4.69, 9.17) is 23.2 Å². The molecule has 3 amide bonds. The van der Waals surface area contributed by atoms with Crippen LogP contribution in [0, 0.1) is 22.0 Å². The quantitative estimate of drug-likeness (QED) is 0.128. The van der Waals surface area contributed by atoms with Crippen molar-refractivity contribution in [3.05, 3.63) is 133 Å². The van der Waals surface area contributed by atoms with Crippen LogP contribution in [0.3, 0.4) is 0 Å². The third-order valence-electron chi connectivity index (χ3n) is 8.70. The van der Waals surface area contributed by atoms with Crippen molar-refractivity contribution in [3.8, 4) is 5.75 Å². The Hall–Kier alpha value is -5.06. The van der Waals surface area contributed by atoms with Gasteiger partial charge in [0, 0.05) is 29.3 Å². The molecule has 2 N–H and O–H groups in total. The monoisotopic (exact) mass is 626 g/mol. The first-order valence-corrected chi connectivity index (χ1v) is 14.2. The van der Waals surface area contributed by atoms with Gasteiger partial charge < -0.3 is 5.11 Å². The molecule has 3 aliphatic carbocycles. The first kappa shape index (κ1) is 27.8. The molecule has 1 heterocycles. The topological polar surface area (TPSA) is 142 Å². The zero-order valence-electron chi connectivity index (χ0n) is 22.5. The largest absolute Gasteiger partial charge is 0.507 e. The predicted molar refractivity (Wildman–Crippen MR) is 162 cm³/mol. The number of rotatable bonds is 5. The number of nitrogens with one attached hydrogen (secondary N) is 1. The SMILES string of the molecule is O=C(N/N=C\C12c3ccccc3C(c3ccccc31)[C@@H]1C(=O)N(c3ccc(Cl)cc3Cl)C(=O)[C@@H]12)c1cc([N+](=O)[O-])ccc1O. The second-order valence-electron chi connectivity index (χ2n) is 10.8. The van der Waals surface area contributed by atoms with Gasteiger partial charge >= 0.3 is 0 Å². The number of imide groups is 1. The zero-order chi connectivity index (χ0) is 30.9. The molecule has 0 saturated carbocycles. The zero-order valence-corrected chi connectivity index (χ0v) is 24.0. The fraction of sp³-hybridized carbons (Fsp3) is 0.125. The van der Waals surface area contributed by atoms with Gasteiger partial charge in [0.15, 0.2) is 0 Å². The third kappa shape index (κ3) is 3.81. The minimum atomic E-state index is -1.29. The minimum absolute atomic E-state index is 0.145. The molecule has 4 aromatic rings. The van der Waals surface area contributed by atoms with Crippen molar-refractivity contribution in [1.82, 2.24) is 5.43 Å². The van der Waals surface area contributed by atoms with Crippen LogP contribution >= 0.6 is 23.2 Å². The predicted octanol–water partition coefficient (Wildman–Crippen LogP) is 5.57. The molecule has 10 nitrogen and oxygen atoms in total. The molecular weight excluding hydrogens is 607 g/mol. The van der Waals surface area contributed by atoms with E-state index in [-0.39, 0.29) is 22.0 Å². The van der Waals surface area contributed by atoms with Crippen LogP contribution in [0.15, 0.2) is 90.0 Å². The number of amides is 3. The van der Waals surface area contributed by atoms with Gasteiger partial charge in [-0.3, -0.25) is 24.5 Å². The summed E-state index contributed by atoms with van der Waals surface area (Å²) in [7, 11) is 0. The lowest BCUT2D eigenvalue weighted by Gasteiger charge is -2.52. The molecule has 44 heavy (non-hydrogen) atoms. The summed E-state index contributed by atoms with van der Waals surface area (Å²) in [5.74, 6) is -4.43. The van der Waals surface area contributed by atoms with Crippen LogP contribution in [0.4, 0.5) is 11.4 Å². The molecule has 0 radical (unpaired) electrons. The number of carbonyl (C=O) groups is 3. The van der Waals surface area contributed by atoms with E-state index in [0.29, 0.717) is 5.02 Å². The maximum Gasteiger partial charge on any atom is 0.275 e. The fourth-order valence-electron chi connectivity index (χ4n) is 7.02. The second-order valence-corrected chi connectivity index (χ2v) is 11.6. The molecule has 218 valence electrons. The normalized spacial score (nSPS) is 23.0. The summed E-state index contributed by atoms with van der Waals surface area (Å²) in [6.45, 7) is 0. The van der Waals surface area contributed by atoms with Crippen molar-refractivity contribution in [2.75, 3.05) is 4.90 Å². The summed E-state index contributed by atoms with van der Waals surface area (Å²) < 4.78 is 0. The molecule has 12 heteroatoms. The lowest BCUT2D eigenvalue weighted by atomic mass is 9.47. The summed E-state index contributed by atoms with van der Waals surface area (Å²) in [5.41, 5.74) is 3.77. The highest BCUT2D eigenvalue weighted by Crippen LogP contribution is 2.63. The number of phenols is 1. The Morgan fingerprint density at radius 3 is 2.25 bits per heavy atom. The van der Waals surface area contributed by atoms with Crippen LogP contribution in [-0.2, 0) is 15.0 Å². The molecule has 2 atom stereocenters. The van der Waals surface area contributed by atoms with Crippen LogP contribution in [0.2, 0.25) is 10.0 Å².